The Bertz CT molecular complexity index is 1040. The molecule has 0 spiro atoms. The van der Waals surface area contributed by atoms with Gasteiger partial charge in [-0.25, -0.2) is 0 Å². The van der Waals surface area contributed by atoms with Crippen molar-refractivity contribution in [2.45, 2.75) is 44.9 Å². The molecule has 3 rings (SSSR count). The number of anilines is 1. The summed E-state index contributed by atoms with van der Waals surface area (Å²) >= 11 is 12.1. The molecule has 2 aromatic carbocycles. The maximum Gasteiger partial charge on any atom is 0.416 e. The molecule has 10 heteroatoms. The maximum atomic E-state index is 13.4. The monoisotopic (exact) mass is 530 g/mol. The largest absolute Gasteiger partial charge is 0.416 e. The van der Waals surface area contributed by atoms with Crippen molar-refractivity contribution in [1.82, 2.24) is 4.90 Å². The Morgan fingerprint density at radius 2 is 1.69 bits per heavy atom. The van der Waals surface area contributed by atoms with E-state index in [-0.39, 0.29) is 18.2 Å². The standard InChI is InChI=1S/C25H31Cl2F3N4O/c1-15(2)11-21(31)19-13-17(25(28,29)30)4-6-23(19)33-7-9-34(10-8-33)24(35)22(32)12-16-3-5-18(26)14-20(16)27/h3-6,13-15,21-22H,7-12,31-32H2,1-2H3. The molecule has 4 N–H and O–H groups in total. The molecular formula is C25H31Cl2F3N4O. The Morgan fingerprint density at radius 1 is 1.03 bits per heavy atom. The molecule has 192 valence electrons. The van der Waals surface area contributed by atoms with Crippen molar-refractivity contribution in [3.63, 3.8) is 0 Å². The van der Waals surface area contributed by atoms with E-state index >= 15 is 0 Å². The number of carbonyl (C=O) groups is 1. The van der Waals surface area contributed by atoms with Gasteiger partial charge >= 0.3 is 6.18 Å². The van der Waals surface area contributed by atoms with Crippen LogP contribution in [0.5, 0.6) is 0 Å². The second kappa shape index (κ2) is 11.4. The van der Waals surface area contributed by atoms with Crippen LogP contribution in [0.1, 0.15) is 43.0 Å². The average Bonchev–Trinajstić information content (AvgIpc) is 2.79. The smallest absolute Gasteiger partial charge is 0.368 e. The molecule has 1 fully saturated rings. The maximum absolute atomic E-state index is 13.4. The van der Waals surface area contributed by atoms with Gasteiger partial charge in [0.05, 0.1) is 11.6 Å². The SMILES string of the molecule is CC(C)CC(N)c1cc(C(F)(F)F)ccc1N1CCN(C(=O)C(N)Cc2ccc(Cl)cc2Cl)CC1. The zero-order chi connectivity index (χ0) is 25.9. The van der Waals surface area contributed by atoms with Gasteiger partial charge in [-0.3, -0.25) is 4.79 Å². The van der Waals surface area contributed by atoms with Crippen LogP contribution in [0.15, 0.2) is 36.4 Å². The first-order valence-electron chi connectivity index (χ1n) is 11.6. The highest BCUT2D eigenvalue weighted by atomic mass is 35.5. The van der Waals surface area contributed by atoms with E-state index in [0.29, 0.717) is 53.9 Å². The number of amides is 1. The van der Waals surface area contributed by atoms with Crippen LogP contribution in [0.2, 0.25) is 10.0 Å². The van der Waals surface area contributed by atoms with Crippen LogP contribution in [0.3, 0.4) is 0 Å². The van der Waals surface area contributed by atoms with Crippen molar-refractivity contribution in [3.8, 4) is 0 Å². The zero-order valence-electron chi connectivity index (χ0n) is 19.8. The lowest BCUT2D eigenvalue weighted by Crippen LogP contribution is -2.54. The van der Waals surface area contributed by atoms with E-state index in [2.05, 4.69) is 0 Å². The Balaban J connectivity index is 1.70. The minimum atomic E-state index is -4.45. The molecule has 2 unspecified atom stereocenters. The summed E-state index contributed by atoms with van der Waals surface area (Å²) in [4.78, 5) is 16.6. The third-order valence-electron chi connectivity index (χ3n) is 6.18. The van der Waals surface area contributed by atoms with E-state index in [1.165, 1.54) is 6.07 Å². The van der Waals surface area contributed by atoms with Crippen LogP contribution >= 0.6 is 23.2 Å². The van der Waals surface area contributed by atoms with E-state index in [1.807, 2.05) is 18.7 Å². The molecule has 1 saturated heterocycles. The number of benzene rings is 2. The molecule has 1 heterocycles. The van der Waals surface area contributed by atoms with Crippen LogP contribution in [-0.2, 0) is 17.4 Å². The molecule has 2 atom stereocenters. The first kappa shape index (κ1) is 27.6. The third kappa shape index (κ3) is 7.03. The summed E-state index contributed by atoms with van der Waals surface area (Å²) in [6, 6.07) is 7.51. The van der Waals surface area contributed by atoms with Gasteiger partial charge < -0.3 is 21.3 Å². The topological polar surface area (TPSA) is 75.6 Å². The van der Waals surface area contributed by atoms with Crippen molar-refractivity contribution in [2.75, 3.05) is 31.1 Å². The number of piperazine rings is 1. The molecule has 0 aliphatic carbocycles. The lowest BCUT2D eigenvalue weighted by atomic mass is 9.94. The van der Waals surface area contributed by atoms with Crippen LogP contribution < -0.4 is 16.4 Å². The first-order valence-corrected chi connectivity index (χ1v) is 12.3. The summed E-state index contributed by atoms with van der Waals surface area (Å²) in [6.45, 7) is 5.71. The molecule has 0 radical (unpaired) electrons. The van der Waals surface area contributed by atoms with Gasteiger partial charge in [-0.1, -0.05) is 43.1 Å². The fourth-order valence-electron chi connectivity index (χ4n) is 4.36. The molecule has 0 bridgehead atoms. The van der Waals surface area contributed by atoms with Gasteiger partial charge in [-0.05, 0) is 60.2 Å². The predicted molar refractivity (Wildman–Crippen MR) is 135 cm³/mol. The first-order chi connectivity index (χ1) is 16.4. The van der Waals surface area contributed by atoms with Crippen LogP contribution in [0.4, 0.5) is 18.9 Å². The molecule has 0 saturated carbocycles. The van der Waals surface area contributed by atoms with E-state index in [0.717, 1.165) is 17.7 Å². The zero-order valence-corrected chi connectivity index (χ0v) is 21.3. The van der Waals surface area contributed by atoms with E-state index < -0.39 is 23.8 Å². The summed E-state index contributed by atoms with van der Waals surface area (Å²) in [5, 5.41) is 0.962. The van der Waals surface area contributed by atoms with Gasteiger partial charge in [0.2, 0.25) is 5.91 Å². The third-order valence-corrected chi connectivity index (χ3v) is 6.77. The number of nitrogens with two attached hydrogens (primary N) is 2. The summed E-state index contributed by atoms with van der Waals surface area (Å²) in [5.74, 6) is 0.0392. The minimum Gasteiger partial charge on any atom is -0.368 e. The Labute approximate surface area is 214 Å². The quantitative estimate of drug-likeness (QED) is 0.510. The number of hydrogen-bond donors (Lipinski definition) is 2. The predicted octanol–water partition coefficient (Wildman–Crippen LogP) is 5.28. The average molecular weight is 531 g/mol. The molecular weight excluding hydrogens is 500 g/mol. The van der Waals surface area contributed by atoms with Crippen molar-refractivity contribution in [3.05, 3.63) is 63.1 Å². The van der Waals surface area contributed by atoms with Gasteiger partial charge in [-0.15, -0.1) is 0 Å². The van der Waals surface area contributed by atoms with E-state index in [4.69, 9.17) is 34.7 Å². The van der Waals surface area contributed by atoms with Crippen molar-refractivity contribution in [2.24, 2.45) is 17.4 Å². The van der Waals surface area contributed by atoms with Gasteiger partial charge in [0, 0.05) is 48.0 Å². The fraction of sp³-hybridized carbons (Fsp3) is 0.480. The number of alkyl halides is 3. The Hall–Kier alpha value is -2.00. The summed E-state index contributed by atoms with van der Waals surface area (Å²) in [6.07, 6.45) is -3.60. The second-order valence-corrected chi connectivity index (χ2v) is 10.2. The highest BCUT2D eigenvalue weighted by molar-refractivity contribution is 6.35. The van der Waals surface area contributed by atoms with Crippen molar-refractivity contribution < 1.29 is 18.0 Å². The van der Waals surface area contributed by atoms with Gasteiger partial charge in [0.25, 0.3) is 0 Å². The Kier molecular flexibility index (Phi) is 8.96. The Morgan fingerprint density at radius 3 is 2.26 bits per heavy atom. The summed E-state index contributed by atoms with van der Waals surface area (Å²) in [7, 11) is 0. The van der Waals surface area contributed by atoms with E-state index in [1.54, 1.807) is 23.1 Å². The second-order valence-electron chi connectivity index (χ2n) is 9.37. The van der Waals surface area contributed by atoms with Gasteiger partial charge in [0.1, 0.15) is 0 Å². The number of nitrogens with zero attached hydrogens (tertiary/aromatic N) is 2. The number of halogens is 5. The van der Waals surface area contributed by atoms with E-state index in [9.17, 15) is 18.0 Å². The molecule has 5 nitrogen and oxygen atoms in total. The lowest BCUT2D eigenvalue weighted by molar-refractivity contribution is -0.137. The molecule has 1 aliphatic rings. The normalized spacial score (nSPS) is 16.5. The van der Waals surface area contributed by atoms with Crippen molar-refractivity contribution >= 4 is 34.8 Å². The molecule has 2 aromatic rings. The van der Waals surface area contributed by atoms with Gasteiger partial charge in [0.15, 0.2) is 0 Å². The molecule has 35 heavy (non-hydrogen) atoms. The molecule has 0 aromatic heterocycles. The lowest BCUT2D eigenvalue weighted by Gasteiger charge is -2.38. The summed E-state index contributed by atoms with van der Waals surface area (Å²) < 4.78 is 40.1. The highest BCUT2D eigenvalue weighted by Crippen LogP contribution is 2.36. The van der Waals surface area contributed by atoms with Crippen LogP contribution in [0, 0.1) is 5.92 Å². The van der Waals surface area contributed by atoms with Crippen LogP contribution in [-0.4, -0.2) is 43.0 Å². The fourth-order valence-corrected chi connectivity index (χ4v) is 4.85. The van der Waals surface area contributed by atoms with Gasteiger partial charge in [-0.2, -0.15) is 13.2 Å². The number of rotatable bonds is 7. The molecule has 1 aliphatic heterocycles. The number of carbonyl (C=O) groups excluding carboxylic acids is 1. The van der Waals surface area contributed by atoms with Crippen LogP contribution in [0.25, 0.3) is 0 Å². The van der Waals surface area contributed by atoms with Crippen molar-refractivity contribution in [1.29, 1.82) is 0 Å². The number of hydrogen-bond acceptors (Lipinski definition) is 4. The minimum absolute atomic E-state index is 0.195. The summed E-state index contributed by atoms with van der Waals surface area (Å²) in [5.41, 5.74) is 13.7. The highest BCUT2D eigenvalue weighted by Gasteiger charge is 2.33. The molecule has 1 amide bonds.